The number of hydrogen-bond donors (Lipinski definition) is 0. The molecule has 0 aliphatic carbocycles. The van der Waals surface area contributed by atoms with Gasteiger partial charge in [0.15, 0.2) is 5.15 Å². The molecule has 0 radical (unpaired) electrons. The number of benzene rings is 1. The van der Waals surface area contributed by atoms with E-state index in [1.165, 1.54) is 0 Å². The third-order valence-electron chi connectivity index (χ3n) is 5.22. The van der Waals surface area contributed by atoms with Gasteiger partial charge in [0.25, 0.3) is 0 Å². The normalized spacial score (nSPS) is 16.4. The van der Waals surface area contributed by atoms with Crippen LogP contribution >= 0.6 is 11.6 Å². The Balaban J connectivity index is 1.58. The lowest BCUT2D eigenvalue weighted by atomic mass is 10.1. The molecule has 2 aromatic heterocycles. The predicted molar refractivity (Wildman–Crippen MR) is 117 cm³/mol. The number of nitrogens with zero attached hydrogens (tertiary/aromatic N) is 3. The van der Waals surface area contributed by atoms with E-state index in [0.29, 0.717) is 23.9 Å². The first-order chi connectivity index (χ1) is 14.7. The molecule has 1 saturated heterocycles. The van der Waals surface area contributed by atoms with E-state index >= 15 is 0 Å². The van der Waals surface area contributed by atoms with Crippen LogP contribution in [0, 0.1) is 0 Å². The molecule has 1 amide bonds. The number of halogens is 1. The lowest BCUT2D eigenvalue weighted by molar-refractivity contribution is -0.128. The molecule has 3 aromatic rings. The number of carbonyl (C=O) groups excluding carboxylic acids is 1. The van der Waals surface area contributed by atoms with E-state index in [1.807, 2.05) is 53.1 Å². The minimum absolute atomic E-state index is 0.0523. The van der Waals surface area contributed by atoms with Crippen molar-refractivity contribution in [3.05, 3.63) is 71.1 Å². The van der Waals surface area contributed by atoms with E-state index in [2.05, 4.69) is 4.98 Å². The zero-order valence-electron chi connectivity index (χ0n) is 16.8. The maximum atomic E-state index is 13.1. The predicted octanol–water partition coefficient (Wildman–Crippen LogP) is 4.22. The van der Waals surface area contributed by atoms with Crippen LogP contribution in [0.3, 0.4) is 0 Å². The Morgan fingerprint density at radius 3 is 2.97 bits per heavy atom. The molecule has 1 aliphatic rings. The van der Waals surface area contributed by atoms with Crippen LogP contribution in [0.15, 0.2) is 54.7 Å². The molecule has 0 saturated carbocycles. The highest BCUT2D eigenvalue weighted by atomic mass is 35.5. The lowest BCUT2D eigenvalue weighted by Gasteiger charge is -2.25. The summed E-state index contributed by atoms with van der Waals surface area (Å²) in [5.41, 5.74) is 2.36. The Kier molecular flexibility index (Phi) is 6.35. The van der Waals surface area contributed by atoms with E-state index in [4.69, 9.17) is 21.1 Å². The molecule has 0 N–H and O–H groups in total. The summed E-state index contributed by atoms with van der Waals surface area (Å²) < 4.78 is 13.1. The molecule has 7 heteroatoms. The van der Waals surface area contributed by atoms with Crippen molar-refractivity contribution in [1.82, 2.24) is 14.3 Å². The smallest absolute Gasteiger partial charge is 0.247 e. The van der Waals surface area contributed by atoms with Crippen LogP contribution in [-0.2, 0) is 16.1 Å². The van der Waals surface area contributed by atoms with Crippen LogP contribution in [0.2, 0.25) is 5.15 Å². The topological polar surface area (TPSA) is 56.1 Å². The van der Waals surface area contributed by atoms with Crippen molar-refractivity contribution in [2.45, 2.75) is 25.5 Å². The average molecular weight is 426 g/mol. The molecule has 4 rings (SSSR count). The first kappa shape index (κ1) is 20.4. The first-order valence-electron chi connectivity index (χ1n) is 9.99. The van der Waals surface area contributed by atoms with Crippen LogP contribution in [0.4, 0.5) is 0 Å². The summed E-state index contributed by atoms with van der Waals surface area (Å²) in [6.07, 6.45) is 7.17. The SMILES string of the molecule is COc1ccccc1CN(CC1CCCO1)C(=O)/C=C/c1c(Cl)nc2ccccn12. The van der Waals surface area contributed by atoms with Gasteiger partial charge in [0.2, 0.25) is 5.91 Å². The van der Waals surface area contributed by atoms with Gasteiger partial charge in [0.05, 0.1) is 18.9 Å². The number of carbonyl (C=O) groups is 1. The second-order valence-corrected chi connectivity index (χ2v) is 7.57. The van der Waals surface area contributed by atoms with Crippen molar-refractivity contribution in [2.24, 2.45) is 0 Å². The van der Waals surface area contributed by atoms with Crippen molar-refractivity contribution >= 4 is 29.2 Å². The number of rotatable bonds is 7. The van der Waals surface area contributed by atoms with Gasteiger partial charge < -0.3 is 14.4 Å². The molecule has 1 atom stereocenters. The zero-order valence-corrected chi connectivity index (χ0v) is 17.6. The maximum Gasteiger partial charge on any atom is 0.247 e. The Morgan fingerprint density at radius 2 is 2.17 bits per heavy atom. The molecule has 6 nitrogen and oxygen atoms in total. The summed E-state index contributed by atoms with van der Waals surface area (Å²) in [4.78, 5) is 19.3. The van der Waals surface area contributed by atoms with Crippen LogP contribution in [0.5, 0.6) is 5.75 Å². The Hall–Kier alpha value is -2.83. The van der Waals surface area contributed by atoms with Gasteiger partial charge >= 0.3 is 0 Å². The number of imidazole rings is 1. The number of methoxy groups -OCH3 is 1. The number of hydrogen-bond acceptors (Lipinski definition) is 4. The van der Waals surface area contributed by atoms with Crippen molar-refractivity contribution in [3.63, 3.8) is 0 Å². The van der Waals surface area contributed by atoms with Gasteiger partial charge in [-0.15, -0.1) is 0 Å². The van der Waals surface area contributed by atoms with E-state index in [0.717, 1.165) is 36.4 Å². The summed E-state index contributed by atoms with van der Waals surface area (Å²) in [7, 11) is 1.64. The van der Waals surface area contributed by atoms with E-state index in [9.17, 15) is 4.79 Å². The van der Waals surface area contributed by atoms with Gasteiger partial charge in [0.1, 0.15) is 11.4 Å². The third-order valence-corrected chi connectivity index (χ3v) is 5.50. The fourth-order valence-corrected chi connectivity index (χ4v) is 3.94. The lowest BCUT2D eigenvalue weighted by Crippen LogP contribution is -2.36. The molecule has 1 unspecified atom stereocenters. The van der Waals surface area contributed by atoms with E-state index in [1.54, 1.807) is 24.2 Å². The minimum atomic E-state index is -0.113. The molecule has 3 heterocycles. The minimum Gasteiger partial charge on any atom is -0.496 e. The highest BCUT2D eigenvalue weighted by Crippen LogP contribution is 2.23. The summed E-state index contributed by atoms with van der Waals surface area (Å²) in [6, 6.07) is 13.4. The molecule has 1 fully saturated rings. The third kappa shape index (κ3) is 4.50. The van der Waals surface area contributed by atoms with Crippen LogP contribution in [0.25, 0.3) is 11.7 Å². The van der Waals surface area contributed by atoms with Crippen molar-refractivity contribution in [1.29, 1.82) is 0 Å². The first-order valence-corrected chi connectivity index (χ1v) is 10.4. The number of amides is 1. The number of pyridine rings is 1. The second-order valence-electron chi connectivity index (χ2n) is 7.22. The van der Waals surface area contributed by atoms with Crippen LogP contribution < -0.4 is 4.74 Å². The molecule has 0 spiro atoms. The van der Waals surface area contributed by atoms with Gasteiger partial charge in [-0.3, -0.25) is 9.20 Å². The highest BCUT2D eigenvalue weighted by Gasteiger charge is 2.22. The summed E-state index contributed by atoms with van der Waals surface area (Å²) >= 11 is 6.29. The average Bonchev–Trinajstić information content (AvgIpc) is 3.38. The van der Waals surface area contributed by atoms with Gasteiger partial charge in [-0.25, -0.2) is 4.98 Å². The van der Waals surface area contributed by atoms with E-state index in [-0.39, 0.29) is 12.0 Å². The second kappa shape index (κ2) is 9.32. The molecule has 1 aromatic carbocycles. The fraction of sp³-hybridized carbons (Fsp3) is 0.304. The largest absolute Gasteiger partial charge is 0.496 e. The molecule has 156 valence electrons. The fourth-order valence-electron chi connectivity index (χ4n) is 3.70. The Bertz CT molecular complexity index is 1060. The van der Waals surface area contributed by atoms with Gasteiger partial charge in [-0.05, 0) is 37.1 Å². The molecule has 0 bridgehead atoms. The number of fused-ring (bicyclic) bond motifs is 1. The molecule has 30 heavy (non-hydrogen) atoms. The van der Waals surface area contributed by atoms with E-state index < -0.39 is 0 Å². The van der Waals surface area contributed by atoms with Gasteiger partial charge in [0, 0.05) is 37.5 Å². The van der Waals surface area contributed by atoms with Crippen molar-refractivity contribution in [2.75, 3.05) is 20.3 Å². The molecule has 1 aliphatic heterocycles. The highest BCUT2D eigenvalue weighted by molar-refractivity contribution is 6.31. The zero-order chi connectivity index (χ0) is 20.9. The van der Waals surface area contributed by atoms with Crippen molar-refractivity contribution in [3.8, 4) is 5.75 Å². The Labute approximate surface area is 180 Å². The number of para-hydroxylation sites is 1. The monoisotopic (exact) mass is 425 g/mol. The quantitative estimate of drug-likeness (QED) is 0.532. The molecular formula is C23H24ClN3O3. The van der Waals surface area contributed by atoms with Gasteiger partial charge in [-0.2, -0.15) is 0 Å². The number of ether oxygens (including phenoxy) is 2. The summed E-state index contributed by atoms with van der Waals surface area (Å²) in [5.74, 6) is 0.648. The standard InChI is InChI=1S/C23H24ClN3O3/c1-29-20-9-3-2-7-17(20)15-26(16-18-8-6-14-30-18)22(28)12-11-19-23(24)25-21-10-4-5-13-27(19)21/h2-5,7,9-13,18H,6,8,14-16H2,1H3/b12-11+. The maximum absolute atomic E-state index is 13.1. The summed E-state index contributed by atoms with van der Waals surface area (Å²) in [6.45, 7) is 1.71. The molecular weight excluding hydrogens is 402 g/mol. The van der Waals surface area contributed by atoms with Crippen molar-refractivity contribution < 1.29 is 14.3 Å². The Morgan fingerprint density at radius 1 is 1.33 bits per heavy atom. The number of aromatic nitrogens is 2. The van der Waals surface area contributed by atoms with Gasteiger partial charge in [-0.1, -0.05) is 35.9 Å². The van der Waals surface area contributed by atoms with Crippen LogP contribution in [-0.4, -0.2) is 46.6 Å². The van der Waals surface area contributed by atoms with Crippen LogP contribution in [0.1, 0.15) is 24.1 Å². The summed E-state index contributed by atoms with van der Waals surface area (Å²) in [5, 5.41) is 0.362.